The smallest absolute Gasteiger partial charge is 0.0873 e. The van der Waals surface area contributed by atoms with E-state index < -0.39 is 33.0 Å². The number of rotatable bonds is 4. The van der Waals surface area contributed by atoms with Crippen LogP contribution in [0.15, 0.2) is 0 Å². The Morgan fingerprint density at radius 1 is 0.826 bits per heavy atom. The van der Waals surface area contributed by atoms with Gasteiger partial charge in [0, 0.05) is 11.5 Å². The van der Waals surface area contributed by atoms with Crippen LogP contribution in [0.4, 0.5) is 0 Å². The van der Waals surface area contributed by atoms with E-state index in [4.69, 9.17) is 5.73 Å². The van der Waals surface area contributed by atoms with E-state index in [1.165, 1.54) is 0 Å². The molecule has 1 rings (SSSR count). The predicted octanol–water partition coefficient (Wildman–Crippen LogP) is 3.91. The van der Waals surface area contributed by atoms with Crippen LogP contribution in [0.25, 0.3) is 0 Å². The van der Waals surface area contributed by atoms with Crippen LogP contribution in [-0.4, -0.2) is 43.9 Å². The summed E-state index contributed by atoms with van der Waals surface area (Å²) in [6, 6.07) is 0.119. The molecule has 0 heterocycles. The van der Waals surface area contributed by atoms with E-state index in [9.17, 15) is 10.2 Å². The van der Waals surface area contributed by atoms with Crippen LogP contribution in [0.3, 0.4) is 0 Å². The molecule has 23 heavy (non-hydrogen) atoms. The van der Waals surface area contributed by atoms with E-state index >= 15 is 0 Å². The van der Waals surface area contributed by atoms with Crippen LogP contribution in [0.1, 0.15) is 54.4 Å². The fraction of sp³-hybridized carbons (Fsp3) is 1.00. The number of aliphatic hydroxyl groups excluding tert-OH is 2. The molecular weight excluding hydrogens is 318 g/mol. The second kappa shape index (κ2) is 5.94. The topological polar surface area (TPSA) is 66.5 Å². The SMILES string of the molecule is CC(C)(C)[Si](C)(C)C(O)C1(C(O)[Si](C)(C)C(C)(C)C)CC(N)C1. The van der Waals surface area contributed by atoms with Gasteiger partial charge in [0.05, 0.1) is 27.6 Å². The van der Waals surface area contributed by atoms with Crippen molar-refractivity contribution in [3.8, 4) is 0 Å². The third-order valence-corrected chi connectivity index (χ3v) is 19.2. The molecule has 0 aromatic carbocycles. The number of aliphatic hydroxyl groups is 2. The van der Waals surface area contributed by atoms with Gasteiger partial charge in [0.1, 0.15) is 0 Å². The van der Waals surface area contributed by atoms with Gasteiger partial charge in [0.25, 0.3) is 0 Å². The minimum Gasteiger partial charge on any atom is -0.396 e. The number of hydrogen-bond donors (Lipinski definition) is 3. The van der Waals surface area contributed by atoms with Crippen molar-refractivity contribution in [2.24, 2.45) is 11.1 Å². The standard InChI is InChI=1S/C18H41NO2Si2/c1-16(2,3)22(7,8)14(20)18(11-13(19)12-18)15(21)23(9,10)17(4,5)6/h13-15,20-21H,11-12,19H2,1-10H3. The Kier molecular flexibility index (Phi) is 5.51. The summed E-state index contributed by atoms with van der Waals surface area (Å²) >= 11 is 0. The van der Waals surface area contributed by atoms with Gasteiger partial charge < -0.3 is 15.9 Å². The van der Waals surface area contributed by atoms with Crippen molar-refractivity contribution in [2.45, 2.75) is 108 Å². The molecule has 0 spiro atoms. The average Bonchev–Trinajstić information content (AvgIpc) is 2.29. The molecule has 0 radical (unpaired) electrons. The summed E-state index contributed by atoms with van der Waals surface area (Å²) in [6.07, 6.45) is 1.52. The molecule has 0 aromatic heterocycles. The Morgan fingerprint density at radius 2 is 1.09 bits per heavy atom. The molecule has 0 aromatic rings. The molecule has 2 atom stereocenters. The van der Waals surface area contributed by atoms with E-state index in [0.29, 0.717) is 0 Å². The highest BCUT2D eigenvalue weighted by atomic mass is 28.3. The first-order valence-electron chi connectivity index (χ1n) is 9.03. The lowest BCUT2D eigenvalue weighted by Crippen LogP contribution is -2.72. The predicted molar refractivity (Wildman–Crippen MR) is 106 cm³/mol. The zero-order valence-electron chi connectivity index (χ0n) is 17.1. The highest BCUT2D eigenvalue weighted by molar-refractivity contribution is 6.83. The second-order valence-corrected chi connectivity index (χ2v) is 22.1. The summed E-state index contributed by atoms with van der Waals surface area (Å²) < 4.78 is 0. The minimum atomic E-state index is -1.98. The molecule has 0 bridgehead atoms. The molecule has 1 saturated carbocycles. The van der Waals surface area contributed by atoms with E-state index in [-0.39, 0.29) is 16.1 Å². The molecule has 4 N–H and O–H groups in total. The van der Waals surface area contributed by atoms with Crippen molar-refractivity contribution >= 4 is 16.1 Å². The first kappa shape index (κ1) is 21.4. The van der Waals surface area contributed by atoms with Crippen molar-refractivity contribution in [1.82, 2.24) is 0 Å². The van der Waals surface area contributed by atoms with Gasteiger partial charge in [-0.2, -0.15) is 0 Å². The quantitative estimate of drug-likeness (QED) is 0.667. The zero-order valence-corrected chi connectivity index (χ0v) is 19.1. The van der Waals surface area contributed by atoms with Gasteiger partial charge in [-0.3, -0.25) is 0 Å². The van der Waals surface area contributed by atoms with Gasteiger partial charge in [-0.15, -0.1) is 0 Å². The lowest BCUT2D eigenvalue weighted by molar-refractivity contribution is -0.0747. The fourth-order valence-electron chi connectivity index (χ4n) is 3.77. The third-order valence-electron chi connectivity index (χ3n) is 7.61. The summed E-state index contributed by atoms with van der Waals surface area (Å²) in [5.41, 5.74) is 4.91. The monoisotopic (exact) mass is 359 g/mol. The van der Waals surface area contributed by atoms with Crippen LogP contribution in [0.5, 0.6) is 0 Å². The van der Waals surface area contributed by atoms with Gasteiger partial charge in [-0.1, -0.05) is 67.7 Å². The Hall–Kier alpha value is 0.314. The Balaban J connectivity index is 3.30. The molecule has 138 valence electrons. The fourth-order valence-corrected chi connectivity index (χ4v) is 9.24. The lowest BCUT2D eigenvalue weighted by atomic mass is 9.66. The van der Waals surface area contributed by atoms with Crippen molar-refractivity contribution in [2.75, 3.05) is 0 Å². The number of nitrogens with two attached hydrogens (primary N) is 1. The van der Waals surface area contributed by atoms with Crippen LogP contribution < -0.4 is 5.73 Å². The summed E-state index contributed by atoms with van der Waals surface area (Å²) in [6.45, 7) is 22.4. The van der Waals surface area contributed by atoms with Crippen LogP contribution in [-0.2, 0) is 0 Å². The Bertz CT molecular complexity index is 395. The molecule has 0 aliphatic heterocycles. The zero-order chi connectivity index (χ0) is 18.6. The molecule has 0 amide bonds. The molecular formula is C18H41NO2Si2. The largest absolute Gasteiger partial charge is 0.396 e. The first-order valence-corrected chi connectivity index (χ1v) is 15.2. The maximum Gasteiger partial charge on any atom is 0.0873 e. The first-order chi connectivity index (χ1) is 9.91. The highest BCUT2D eigenvalue weighted by Crippen LogP contribution is 2.56. The van der Waals surface area contributed by atoms with Crippen molar-refractivity contribution < 1.29 is 10.2 Å². The summed E-state index contributed by atoms with van der Waals surface area (Å²) in [4.78, 5) is 0. The Morgan fingerprint density at radius 3 is 1.26 bits per heavy atom. The summed E-state index contributed by atoms with van der Waals surface area (Å²) in [5, 5.41) is 23.1. The molecule has 0 saturated heterocycles. The van der Waals surface area contributed by atoms with E-state index in [2.05, 4.69) is 67.7 Å². The normalized spacial score (nSPS) is 29.9. The molecule has 3 nitrogen and oxygen atoms in total. The lowest BCUT2D eigenvalue weighted by Gasteiger charge is -2.61. The maximum atomic E-state index is 11.5. The van der Waals surface area contributed by atoms with Crippen molar-refractivity contribution in [3.63, 3.8) is 0 Å². The Labute approximate surface area is 146 Å². The van der Waals surface area contributed by atoms with Crippen LogP contribution in [0, 0.1) is 5.41 Å². The average molecular weight is 360 g/mol. The molecule has 1 fully saturated rings. The van der Waals surface area contributed by atoms with E-state index in [1.54, 1.807) is 0 Å². The van der Waals surface area contributed by atoms with Gasteiger partial charge >= 0.3 is 0 Å². The van der Waals surface area contributed by atoms with Gasteiger partial charge in [0.15, 0.2) is 0 Å². The highest BCUT2D eigenvalue weighted by Gasteiger charge is 2.63. The van der Waals surface area contributed by atoms with Gasteiger partial charge in [0.2, 0.25) is 0 Å². The summed E-state index contributed by atoms with van der Waals surface area (Å²) in [5.74, 6) is 0. The van der Waals surface area contributed by atoms with Gasteiger partial charge in [-0.25, -0.2) is 0 Å². The van der Waals surface area contributed by atoms with Crippen LogP contribution >= 0.6 is 0 Å². The minimum absolute atomic E-state index is 0.0895. The number of hydrogen-bond acceptors (Lipinski definition) is 3. The maximum absolute atomic E-state index is 11.5. The third kappa shape index (κ3) is 3.36. The second-order valence-electron chi connectivity index (χ2n) is 11.1. The van der Waals surface area contributed by atoms with Crippen LogP contribution in [0.2, 0.25) is 36.3 Å². The van der Waals surface area contributed by atoms with Crippen molar-refractivity contribution in [3.05, 3.63) is 0 Å². The molecule has 1 aliphatic carbocycles. The molecule has 1 aliphatic rings. The van der Waals surface area contributed by atoms with E-state index in [1.807, 2.05) is 0 Å². The van der Waals surface area contributed by atoms with E-state index in [0.717, 1.165) is 12.8 Å². The van der Waals surface area contributed by atoms with Crippen molar-refractivity contribution in [1.29, 1.82) is 0 Å². The van der Waals surface area contributed by atoms with Gasteiger partial charge in [-0.05, 0) is 22.9 Å². The molecule has 5 heteroatoms. The molecule has 2 unspecified atom stereocenters. The summed E-state index contributed by atoms with van der Waals surface area (Å²) in [7, 11) is -3.96.